The molecule has 100 valence electrons. The molecule has 0 aliphatic heterocycles. The van der Waals surface area contributed by atoms with E-state index in [9.17, 15) is 13.9 Å². The third-order valence-corrected chi connectivity index (χ3v) is 3.97. The Hall–Kier alpha value is -1.00. The van der Waals surface area contributed by atoms with Gasteiger partial charge in [-0.2, -0.15) is 0 Å². The lowest BCUT2D eigenvalue weighted by Gasteiger charge is -2.36. The number of hydrogen-bond acceptors (Lipinski definition) is 2. The maximum absolute atomic E-state index is 14.1. The molecule has 1 saturated carbocycles. The maximum atomic E-state index is 14.1. The van der Waals surface area contributed by atoms with Gasteiger partial charge in [0.05, 0.1) is 11.2 Å². The summed E-state index contributed by atoms with van der Waals surface area (Å²) in [6.45, 7) is 1.58. The number of benzene rings is 1. The fourth-order valence-corrected chi connectivity index (χ4v) is 2.72. The van der Waals surface area contributed by atoms with Crippen molar-refractivity contribution < 1.29 is 13.9 Å². The molecule has 2 N–H and O–H groups in total. The molecule has 1 aliphatic rings. The molecule has 4 heteroatoms. The predicted octanol–water partition coefficient (Wildman–Crippen LogP) is 2.62. The van der Waals surface area contributed by atoms with Crippen LogP contribution in [0, 0.1) is 18.6 Å². The highest BCUT2D eigenvalue weighted by atomic mass is 19.1. The first-order chi connectivity index (χ1) is 8.48. The van der Waals surface area contributed by atoms with Crippen LogP contribution in [-0.2, 0) is 5.60 Å². The minimum absolute atomic E-state index is 0.156. The van der Waals surface area contributed by atoms with Gasteiger partial charge >= 0.3 is 0 Å². The van der Waals surface area contributed by atoms with Gasteiger partial charge in [0.1, 0.15) is 11.6 Å². The van der Waals surface area contributed by atoms with Gasteiger partial charge in [-0.1, -0.05) is 6.07 Å². The van der Waals surface area contributed by atoms with E-state index < -0.39 is 17.2 Å². The number of rotatable bonds is 2. The van der Waals surface area contributed by atoms with Crippen LogP contribution in [0.2, 0.25) is 0 Å². The van der Waals surface area contributed by atoms with Crippen molar-refractivity contribution in [2.75, 3.05) is 7.05 Å². The first-order valence-electron chi connectivity index (χ1n) is 6.32. The summed E-state index contributed by atoms with van der Waals surface area (Å²) in [6.07, 6.45) is 2.21. The Morgan fingerprint density at radius 2 is 1.89 bits per heavy atom. The zero-order valence-corrected chi connectivity index (χ0v) is 10.8. The van der Waals surface area contributed by atoms with Gasteiger partial charge < -0.3 is 10.4 Å². The molecule has 0 bridgehead atoms. The van der Waals surface area contributed by atoms with Crippen LogP contribution in [0.5, 0.6) is 0 Å². The SMILES string of the molecule is CNC1CCC(O)(c2c(F)ccc(C)c2F)CC1. The summed E-state index contributed by atoms with van der Waals surface area (Å²) in [5, 5.41) is 13.7. The van der Waals surface area contributed by atoms with Crippen molar-refractivity contribution in [3.05, 3.63) is 34.9 Å². The van der Waals surface area contributed by atoms with Crippen LogP contribution in [0.1, 0.15) is 36.8 Å². The Morgan fingerprint density at radius 3 is 2.44 bits per heavy atom. The Labute approximate surface area is 106 Å². The quantitative estimate of drug-likeness (QED) is 0.851. The van der Waals surface area contributed by atoms with E-state index in [0.29, 0.717) is 24.4 Å². The van der Waals surface area contributed by atoms with Gasteiger partial charge in [-0.3, -0.25) is 0 Å². The van der Waals surface area contributed by atoms with Crippen molar-refractivity contribution in [1.29, 1.82) is 0 Å². The van der Waals surface area contributed by atoms with E-state index in [2.05, 4.69) is 5.32 Å². The lowest BCUT2D eigenvalue weighted by atomic mass is 9.77. The van der Waals surface area contributed by atoms with E-state index in [-0.39, 0.29) is 5.56 Å². The van der Waals surface area contributed by atoms with E-state index >= 15 is 0 Å². The second-order valence-corrected chi connectivity index (χ2v) is 5.15. The highest BCUT2D eigenvalue weighted by molar-refractivity contribution is 5.31. The Kier molecular flexibility index (Phi) is 3.69. The highest BCUT2D eigenvalue weighted by Gasteiger charge is 2.38. The standard InChI is InChI=1S/C14H19F2NO/c1-9-3-4-11(15)12(13(9)16)14(18)7-5-10(17-2)6-8-14/h3-4,10,17-18H,5-8H2,1-2H3. The van der Waals surface area contributed by atoms with Crippen molar-refractivity contribution >= 4 is 0 Å². The average molecular weight is 255 g/mol. The summed E-state index contributed by atoms with van der Waals surface area (Å²) in [7, 11) is 1.86. The largest absolute Gasteiger partial charge is 0.385 e. The molecule has 0 aromatic heterocycles. The monoisotopic (exact) mass is 255 g/mol. The minimum Gasteiger partial charge on any atom is -0.385 e. The first kappa shape index (κ1) is 13.4. The summed E-state index contributed by atoms with van der Waals surface area (Å²) >= 11 is 0. The average Bonchev–Trinajstić information content (AvgIpc) is 2.35. The van der Waals surface area contributed by atoms with E-state index in [0.717, 1.165) is 12.8 Å². The van der Waals surface area contributed by atoms with Gasteiger partial charge in [-0.25, -0.2) is 8.78 Å². The normalized spacial score (nSPS) is 28.4. The van der Waals surface area contributed by atoms with Crippen molar-refractivity contribution in [2.24, 2.45) is 0 Å². The lowest BCUT2D eigenvalue weighted by Crippen LogP contribution is -2.39. The summed E-state index contributed by atoms with van der Waals surface area (Å²) in [6, 6.07) is 2.95. The van der Waals surface area contributed by atoms with Gasteiger partial charge in [0, 0.05) is 6.04 Å². The second-order valence-electron chi connectivity index (χ2n) is 5.15. The fraction of sp³-hybridized carbons (Fsp3) is 0.571. The molecule has 1 aliphatic carbocycles. The van der Waals surface area contributed by atoms with Crippen LogP contribution < -0.4 is 5.32 Å². The van der Waals surface area contributed by atoms with Crippen LogP contribution in [0.25, 0.3) is 0 Å². The van der Waals surface area contributed by atoms with Gasteiger partial charge in [0.2, 0.25) is 0 Å². The predicted molar refractivity (Wildman–Crippen MR) is 66.3 cm³/mol. The van der Waals surface area contributed by atoms with Gasteiger partial charge in [-0.05, 0) is 51.3 Å². The van der Waals surface area contributed by atoms with E-state index in [4.69, 9.17) is 0 Å². The lowest BCUT2D eigenvalue weighted by molar-refractivity contribution is -0.0138. The van der Waals surface area contributed by atoms with Gasteiger partial charge in [0.15, 0.2) is 0 Å². The molecule has 0 unspecified atom stereocenters. The van der Waals surface area contributed by atoms with Crippen LogP contribution >= 0.6 is 0 Å². The molecule has 18 heavy (non-hydrogen) atoms. The molecule has 0 amide bonds. The van der Waals surface area contributed by atoms with E-state index in [1.54, 1.807) is 6.92 Å². The molecule has 1 aromatic rings. The van der Waals surface area contributed by atoms with Crippen LogP contribution in [-0.4, -0.2) is 18.2 Å². The molecule has 0 saturated heterocycles. The van der Waals surface area contributed by atoms with Crippen LogP contribution in [0.4, 0.5) is 8.78 Å². The molecule has 0 radical (unpaired) electrons. The summed E-state index contributed by atoms with van der Waals surface area (Å²) < 4.78 is 27.9. The van der Waals surface area contributed by atoms with Crippen molar-refractivity contribution in [3.63, 3.8) is 0 Å². The number of halogens is 2. The number of hydrogen-bond donors (Lipinski definition) is 2. The topological polar surface area (TPSA) is 32.3 Å². The zero-order chi connectivity index (χ0) is 13.3. The maximum Gasteiger partial charge on any atom is 0.135 e. The number of aliphatic hydroxyl groups is 1. The molecule has 0 atom stereocenters. The van der Waals surface area contributed by atoms with Crippen molar-refractivity contribution in [1.82, 2.24) is 5.32 Å². The van der Waals surface area contributed by atoms with Crippen molar-refractivity contribution in [2.45, 2.75) is 44.2 Å². The summed E-state index contributed by atoms with van der Waals surface area (Å²) in [5.41, 5.74) is -1.15. The van der Waals surface area contributed by atoms with Gasteiger partial charge in [-0.15, -0.1) is 0 Å². The van der Waals surface area contributed by atoms with Crippen molar-refractivity contribution in [3.8, 4) is 0 Å². The van der Waals surface area contributed by atoms with Crippen LogP contribution in [0.15, 0.2) is 12.1 Å². The molecule has 1 aromatic carbocycles. The van der Waals surface area contributed by atoms with Gasteiger partial charge in [0.25, 0.3) is 0 Å². The number of aryl methyl sites for hydroxylation is 1. The summed E-state index contributed by atoms with van der Waals surface area (Å²) in [5.74, 6) is -1.26. The molecule has 0 heterocycles. The molecular formula is C14H19F2NO. The Bertz CT molecular complexity index is 440. The Morgan fingerprint density at radius 1 is 1.28 bits per heavy atom. The molecule has 2 rings (SSSR count). The zero-order valence-electron chi connectivity index (χ0n) is 10.8. The third kappa shape index (κ3) is 2.27. The highest BCUT2D eigenvalue weighted by Crippen LogP contribution is 2.40. The molecular weight excluding hydrogens is 236 g/mol. The minimum atomic E-state index is -1.37. The smallest absolute Gasteiger partial charge is 0.135 e. The molecule has 2 nitrogen and oxygen atoms in total. The first-order valence-corrected chi connectivity index (χ1v) is 6.32. The third-order valence-electron chi connectivity index (χ3n) is 3.97. The van der Waals surface area contributed by atoms with E-state index in [1.165, 1.54) is 12.1 Å². The molecule has 0 spiro atoms. The fourth-order valence-electron chi connectivity index (χ4n) is 2.72. The number of nitrogens with one attached hydrogen (secondary N) is 1. The van der Waals surface area contributed by atoms with E-state index in [1.807, 2.05) is 7.05 Å². The summed E-state index contributed by atoms with van der Waals surface area (Å²) in [4.78, 5) is 0. The Balaban J connectivity index is 2.34. The second kappa shape index (κ2) is 4.94. The molecule has 1 fully saturated rings. The van der Waals surface area contributed by atoms with Crippen LogP contribution in [0.3, 0.4) is 0 Å².